The third kappa shape index (κ3) is 4.44. The number of thiophene rings is 1. The fourth-order valence-electron chi connectivity index (χ4n) is 3.22. The highest BCUT2D eigenvalue weighted by molar-refractivity contribution is 7.99. The Hall–Kier alpha value is -2.97. The van der Waals surface area contributed by atoms with Gasteiger partial charge in [-0.1, -0.05) is 30.0 Å². The van der Waals surface area contributed by atoms with E-state index in [4.69, 9.17) is 0 Å². The van der Waals surface area contributed by atoms with Crippen molar-refractivity contribution in [1.82, 2.24) is 9.97 Å². The van der Waals surface area contributed by atoms with E-state index in [0.717, 1.165) is 22.4 Å². The first kappa shape index (κ1) is 20.3. The van der Waals surface area contributed by atoms with Gasteiger partial charge >= 0.3 is 0 Å². The van der Waals surface area contributed by atoms with Gasteiger partial charge in [-0.25, -0.2) is 9.37 Å². The number of carbonyl (C=O) groups is 1. The van der Waals surface area contributed by atoms with Crippen LogP contribution in [0.5, 0.6) is 0 Å². The lowest BCUT2D eigenvalue weighted by molar-refractivity contribution is -0.113. The highest BCUT2D eigenvalue weighted by atomic mass is 32.2. The number of anilines is 1. The summed E-state index contributed by atoms with van der Waals surface area (Å²) in [7, 11) is 0. The molecule has 2 N–H and O–H groups in total. The van der Waals surface area contributed by atoms with Crippen LogP contribution in [0.4, 0.5) is 10.1 Å². The molecule has 8 heteroatoms. The van der Waals surface area contributed by atoms with Crippen LogP contribution in [0, 0.1) is 19.7 Å². The second kappa shape index (κ2) is 8.41. The van der Waals surface area contributed by atoms with Gasteiger partial charge in [0.25, 0.3) is 5.56 Å². The molecule has 0 saturated carbocycles. The maximum Gasteiger partial charge on any atom is 0.260 e. The van der Waals surface area contributed by atoms with Crippen LogP contribution in [0.1, 0.15) is 11.1 Å². The van der Waals surface area contributed by atoms with Gasteiger partial charge in [0, 0.05) is 16.6 Å². The first-order valence-electron chi connectivity index (χ1n) is 9.17. The number of hydrogen-bond acceptors (Lipinski definition) is 5. The highest BCUT2D eigenvalue weighted by Gasteiger charge is 2.14. The highest BCUT2D eigenvalue weighted by Crippen LogP contribution is 2.31. The van der Waals surface area contributed by atoms with Crippen molar-refractivity contribution in [3.8, 4) is 11.1 Å². The summed E-state index contributed by atoms with van der Waals surface area (Å²) in [4.78, 5) is 32.8. The number of aromatic nitrogens is 2. The van der Waals surface area contributed by atoms with Gasteiger partial charge in [-0.2, -0.15) is 0 Å². The molecule has 0 radical (unpaired) electrons. The number of thioether (sulfide) groups is 1. The number of rotatable bonds is 5. The van der Waals surface area contributed by atoms with Crippen molar-refractivity contribution < 1.29 is 9.18 Å². The molecule has 0 bridgehead atoms. The topological polar surface area (TPSA) is 74.8 Å². The van der Waals surface area contributed by atoms with Gasteiger partial charge in [0.15, 0.2) is 5.16 Å². The zero-order chi connectivity index (χ0) is 21.3. The molecular weight excluding hydrogens is 421 g/mol. The summed E-state index contributed by atoms with van der Waals surface area (Å²) in [5, 5.41) is 5.56. The minimum atomic E-state index is -0.330. The summed E-state index contributed by atoms with van der Waals surface area (Å²) in [5.74, 6) is -0.383. The molecule has 2 heterocycles. The zero-order valence-corrected chi connectivity index (χ0v) is 17.9. The average Bonchev–Trinajstić information content (AvgIpc) is 3.11. The SMILES string of the molecule is Cc1cc(C)cc(NC(=O)CSc2nc3scc(-c4ccc(F)cc4)c3c(=O)[nH]2)c1. The normalized spacial score (nSPS) is 11.0. The molecule has 30 heavy (non-hydrogen) atoms. The summed E-state index contributed by atoms with van der Waals surface area (Å²) < 4.78 is 13.2. The van der Waals surface area contributed by atoms with Crippen LogP contribution in [0.2, 0.25) is 0 Å². The molecule has 152 valence electrons. The number of H-pyrrole nitrogens is 1. The van der Waals surface area contributed by atoms with E-state index in [1.165, 1.54) is 35.2 Å². The molecule has 2 aromatic heterocycles. The van der Waals surface area contributed by atoms with Crippen LogP contribution in [0.3, 0.4) is 0 Å². The average molecular weight is 440 g/mol. The number of benzene rings is 2. The number of nitrogens with zero attached hydrogens (tertiary/aromatic N) is 1. The predicted octanol–water partition coefficient (Wildman–Crippen LogP) is 5.14. The van der Waals surface area contributed by atoms with Crippen LogP contribution in [-0.4, -0.2) is 21.6 Å². The number of amides is 1. The number of aryl methyl sites for hydroxylation is 2. The van der Waals surface area contributed by atoms with E-state index in [9.17, 15) is 14.0 Å². The summed E-state index contributed by atoms with van der Waals surface area (Å²) in [6.45, 7) is 3.95. The van der Waals surface area contributed by atoms with Crippen molar-refractivity contribution >= 4 is 44.9 Å². The molecule has 4 aromatic rings. The molecular formula is C22H18FN3O2S2. The summed E-state index contributed by atoms with van der Waals surface area (Å²) in [5.41, 5.74) is 4.08. The van der Waals surface area contributed by atoms with Crippen molar-refractivity contribution in [1.29, 1.82) is 0 Å². The van der Waals surface area contributed by atoms with Gasteiger partial charge in [0.1, 0.15) is 10.6 Å². The van der Waals surface area contributed by atoms with Gasteiger partial charge < -0.3 is 10.3 Å². The van der Waals surface area contributed by atoms with Gasteiger partial charge in [0.2, 0.25) is 5.91 Å². The van der Waals surface area contributed by atoms with Crippen molar-refractivity contribution in [2.45, 2.75) is 19.0 Å². The fraction of sp³-hybridized carbons (Fsp3) is 0.136. The molecule has 0 aliphatic carbocycles. The number of halogens is 1. The minimum Gasteiger partial charge on any atom is -0.325 e. The number of fused-ring (bicyclic) bond motifs is 1. The largest absolute Gasteiger partial charge is 0.325 e. The lowest BCUT2D eigenvalue weighted by Gasteiger charge is -2.07. The first-order chi connectivity index (χ1) is 14.4. The second-order valence-electron chi connectivity index (χ2n) is 6.92. The van der Waals surface area contributed by atoms with E-state index in [0.29, 0.717) is 20.9 Å². The second-order valence-corrected chi connectivity index (χ2v) is 8.74. The summed E-state index contributed by atoms with van der Waals surface area (Å²) in [6.07, 6.45) is 0. The van der Waals surface area contributed by atoms with Crippen LogP contribution >= 0.6 is 23.1 Å². The molecule has 4 rings (SSSR count). The molecule has 2 aromatic carbocycles. The van der Waals surface area contributed by atoms with E-state index >= 15 is 0 Å². The maximum atomic E-state index is 13.2. The van der Waals surface area contributed by atoms with Gasteiger partial charge in [-0.3, -0.25) is 9.59 Å². The number of nitrogens with one attached hydrogen (secondary N) is 2. The van der Waals surface area contributed by atoms with Gasteiger partial charge in [0.05, 0.1) is 11.1 Å². The molecule has 0 aliphatic heterocycles. The van der Waals surface area contributed by atoms with Gasteiger partial charge in [-0.15, -0.1) is 11.3 Å². The van der Waals surface area contributed by atoms with E-state index in [1.54, 1.807) is 12.1 Å². The van der Waals surface area contributed by atoms with E-state index < -0.39 is 0 Å². The Bertz CT molecular complexity index is 1280. The zero-order valence-electron chi connectivity index (χ0n) is 16.3. The first-order valence-corrected chi connectivity index (χ1v) is 11.0. The van der Waals surface area contributed by atoms with Crippen molar-refractivity contribution in [3.05, 3.63) is 75.1 Å². The van der Waals surface area contributed by atoms with Crippen LogP contribution in [0.25, 0.3) is 21.3 Å². The van der Waals surface area contributed by atoms with Crippen LogP contribution in [-0.2, 0) is 4.79 Å². The van der Waals surface area contributed by atoms with Crippen LogP contribution in [0.15, 0.2) is 57.8 Å². The van der Waals surface area contributed by atoms with Gasteiger partial charge in [-0.05, 0) is 54.8 Å². The van der Waals surface area contributed by atoms with Crippen LogP contribution < -0.4 is 10.9 Å². The van der Waals surface area contributed by atoms with Crippen molar-refractivity contribution in [2.24, 2.45) is 0 Å². The minimum absolute atomic E-state index is 0.123. The Morgan fingerprint density at radius 2 is 1.87 bits per heavy atom. The Morgan fingerprint density at radius 1 is 1.17 bits per heavy atom. The monoisotopic (exact) mass is 439 g/mol. The molecule has 5 nitrogen and oxygen atoms in total. The van der Waals surface area contributed by atoms with E-state index in [1.807, 2.05) is 37.4 Å². The molecule has 1 amide bonds. The molecule has 0 atom stereocenters. The summed E-state index contributed by atoms with van der Waals surface area (Å²) >= 11 is 2.51. The lowest BCUT2D eigenvalue weighted by atomic mass is 10.1. The fourth-order valence-corrected chi connectivity index (χ4v) is 4.88. The Balaban J connectivity index is 1.51. The van der Waals surface area contributed by atoms with E-state index in [-0.39, 0.29) is 23.0 Å². The Kier molecular flexibility index (Phi) is 5.69. The quantitative estimate of drug-likeness (QED) is 0.334. The molecule has 0 saturated heterocycles. The third-order valence-electron chi connectivity index (χ3n) is 4.42. The van der Waals surface area contributed by atoms with Crippen molar-refractivity contribution in [2.75, 3.05) is 11.1 Å². The Morgan fingerprint density at radius 3 is 2.57 bits per heavy atom. The molecule has 0 aliphatic rings. The number of hydrogen-bond donors (Lipinski definition) is 2. The third-order valence-corrected chi connectivity index (χ3v) is 6.17. The lowest BCUT2D eigenvalue weighted by Crippen LogP contribution is -2.15. The smallest absolute Gasteiger partial charge is 0.260 e. The standard InChI is InChI=1S/C22H18FN3O2S2/c1-12-7-13(2)9-16(8-12)24-18(27)11-30-22-25-20(28)19-17(10-29-21(19)26-22)14-3-5-15(23)6-4-14/h3-10H,11H2,1-2H3,(H,24,27)(H,25,26,28). The predicted molar refractivity (Wildman–Crippen MR) is 121 cm³/mol. The molecule has 0 unspecified atom stereocenters. The molecule has 0 spiro atoms. The van der Waals surface area contributed by atoms with E-state index in [2.05, 4.69) is 15.3 Å². The van der Waals surface area contributed by atoms with Crippen molar-refractivity contribution in [3.63, 3.8) is 0 Å². The summed E-state index contributed by atoms with van der Waals surface area (Å²) in [6, 6.07) is 11.8. The molecule has 0 fully saturated rings. The number of carbonyl (C=O) groups excluding carboxylic acids is 1. The Labute approximate surface area is 180 Å². The maximum absolute atomic E-state index is 13.2. The number of aromatic amines is 1.